The number of aliphatic hydroxyl groups is 1. The zero-order chi connectivity index (χ0) is 31.6. The van der Waals surface area contributed by atoms with Crippen molar-refractivity contribution in [3.63, 3.8) is 0 Å². The molecule has 0 spiro atoms. The lowest BCUT2D eigenvalue weighted by Gasteiger charge is -2.25. The minimum Gasteiger partial charge on any atom is -0.462 e. The van der Waals surface area contributed by atoms with Gasteiger partial charge >= 0.3 is 13.7 Å². The second-order valence-electron chi connectivity index (χ2n) is 10.8. The van der Waals surface area contributed by atoms with Crippen LogP contribution in [-0.2, 0) is 32.7 Å². The monoisotopic (exact) mass is 656 g/mol. The molecule has 3 heterocycles. The van der Waals surface area contributed by atoms with Crippen molar-refractivity contribution >= 4 is 59.3 Å². The number of nitrogen functional groups attached to an aromatic ring is 1. The topological polar surface area (TPSA) is 210 Å². The van der Waals surface area contributed by atoms with Crippen LogP contribution in [0.1, 0.15) is 47.8 Å². The molecule has 15 nitrogen and oxygen atoms in total. The van der Waals surface area contributed by atoms with Crippen molar-refractivity contribution in [2.75, 3.05) is 24.7 Å². The first-order valence-electron chi connectivity index (χ1n) is 12.8. The number of alkyl halides is 2. The summed E-state index contributed by atoms with van der Waals surface area (Å²) in [6.45, 7) is 8.93. The van der Waals surface area contributed by atoms with Crippen molar-refractivity contribution in [1.82, 2.24) is 24.6 Å². The Morgan fingerprint density at radius 2 is 2.05 bits per heavy atom. The number of hydrogen-bond donors (Lipinski definition) is 4. The second-order valence-corrected chi connectivity index (χ2v) is 14.2. The summed E-state index contributed by atoms with van der Waals surface area (Å²) in [4.78, 5) is 46.7. The Bertz CT molecular complexity index is 1400. The number of carbonyl (C=O) groups excluding carboxylic acids is 2. The van der Waals surface area contributed by atoms with Crippen molar-refractivity contribution in [1.29, 1.82) is 0 Å². The molecule has 1 aliphatic heterocycles. The first-order valence-corrected chi connectivity index (χ1v) is 15.7. The summed E-state index contributed by atoms with van der Waals surface area (Å²) < 4.78 is 51.9. The summed E-state index contributed by atoms with van der Waals surface area (Å²) in [6, 6.07) is -1.16. The Labute approximate surface area is 249 Å². The zero-order valence-corrected chi connectivity index (χ0v) is 26.3. The van der Waals surface area contributed by atoms with Gasteiger partial charge in [-0.25, -0.2) is 19.0 Å². The zero-order valence-electron chi connectivity index (χ0n) is 23.8. The number of aromatic nitrogens is 4. The highest BCUT2D eigenvalue weighted by molar-refractivity contribution is 8.13. The van der Waals surface area contributed by atoms with Crippen LogP contribution >= 0.6 is 31.1 Å². The van der Waals surface area contributed by atoms with Gasteiger partial charge in [-0.15, -0.1) is 0 Å². The van der Waals surface area contributed by atoms with Crippen LogP contribution in [0, 0.1) is 5.41 Å². The summed E-state index contributed by atoms with van der Waals surface area (Å²) in [5.41, 5.74) is 3.96. The molecule has 6 atom stereocenters. The number of thioether (sulfide) groups is 1. The fourth-order valence-electron chi connectivity index (χ4n) is 3.64. The smallest absolute Gasteiger partial charge is 0.406 e. The lowest BCUT2D eigenvalue weighted by molar-refractivity contribution is -0.149. The third-order valence-electron chi connectivity index (χ3n) is 5.74. The standard InChI is InChI=1S/C23H35ClFN6O9PS/c1-11(2)39-18(34)12(3)30-41(36,37-7-8-42-20(35)22(4,5)6)38-9-13-15(32)23(24,25)19(40-13)31-10-27-14-16(31)28-21(26)29-17(14)33/h10-13,15,19,32H,7-9H2,1-6H3,(H,30,36)(H3,26,28,29,33)/t12-,13+,15+,19+,23-,41-/m0/s1. The largest absolute Gasteiger partial charge is 0.462 e. The predicted octanol–water partition coefficient (Wildman–Crippen LogP) is 2.24. The molecule has 0 aromatic carbocycles. The number of aliphatic hydroxyl groups excluding tert-OH is 1. The first-order chi connectivity index (χ1) is 19.4. The third kappa shape index (κ3) is 8.08. The maximum absolute atomic E-state index is 15.6. The summed E-state index contributed by atoms with van der Waals surface area (Å²) in [5, 5.41) is 10.0. The molecule has 236 valence electrons. The molecule has 3 rings (SSSR count). The molecule has 0 unspecified atom stereocenters. The molecule has 1 fully saturated rings. The SMILES string of the molecule is CC(C)OC(=O)[C@H](C)N[P@](=O)(OCCSC(=O)C(C)(C)C)OC[C@H]1O[C@@H](n2cnc3c(=O)[nH]c(N)nc32)[C@](F)(Cl)[C@@H]1O. The first kappa shape index (κ1) is 34.4. The van der Waals surface area contributed by atoms with E-state index in [-0.39, 0.29) is 34.6 Å². The van der Waals surface area contributed by atoms with Gasteiger partial charge in [-0.05, 0) is 20.8 Å². The van der Waals surface area contributed by atoms with Gasteiger partial charge < -0.3 is 20.3 Å². The van der Waals surface area contributed by atoms with Gasteiger partial charge in [-0.3, -0.25) is 33.0 Å². The molecule has 2 aromatic heterocycles. The van der Waals surface area contributed by atoms with E-state index in [1.165, 1.54) is 6.92 Å². The Kier molecular flexibility index (Phi) is 10.9. The molecule has 1 aliphatic rings. The van der Waals surface area contributed by atoms with Crippen molar-refractivity contribution in [2.24, 2.45) is 5.41 Å². The van der Waals surface area contributed by atoms with Crippen LogP contribution in [0.25, 0.3) is 11.2 Å². The Morgan fingerprint density at radius 3 is 2.67 bits per heavy atom. The number of H-pyrrole nitrogens is 1. The van der Waals surface area contributed by atoms with Crippen molar-refractivity contribution in [2.45, 2.75) is 77.3 Å². The highest BCUT2D eigenvalue weighted by atomic mass is 35.5. The molecule has 0 radical (unpaired) electrons. The van der Waals surface area contributed by atoms with Crippen LogP contribution in [0.4, 0.5) is 10.3 Å². The number of halogens is 2. The number of imidazole rings is 1. The van der Waals surface area contributed by atoms with E-state index in [2.05, 4.69) is 20.0 Å². The summed E-state index contributed by atoms with van der Waals surface area (Å²) in [5.74, 6) is -0.911. The molecular weight excluding hydrogens is 622 g/mol. The van der Waals surface area contributed by atoms with Crippen molar-refractivity contribution < 1.29 is 42.2 Å². The Hall–Kier alpha value is -2.11. The quantitative estimate of drug-likeness (QED) is 0.112. The van der Waals surface area contributed by atoms with E-state index in [9.17, 15) is 24.1 Å². The highest BCUT2D eigenvalue weighted by Crippen LogP contribution is 2.49. The van der Waals surface area contributed by atoms with Gasteiger partial charge in [-0.1, -0.05) is 44.1 Å². The Morgan fingerprint density at radius 1 is 1.38 bits per heavy atom. The number of nitrogens with two attached hydrogens (primary N) is 1. The average Bonchev–Trinajstić information content (AvgIpc) is 3.37. The minimum atomic E-state index is -4.35. The third-order valence-corrected chi connectivity index (χ3v) is 9.11. The van der Waals surface area contributed by atoms with E-state index < -0.39 is 67.0 Å². The predicted molar refractivity (Wildman–Crippen MR) is 152 cm³/mol. The van der Waals surface area contributed by atoms with E-state index in [4.69, 9.17) is 35.9 Å². The van der Waals surface area contributed by atoms with Crippen LogP contribution in [0.5, 0.6) is 0 Å². The number of nitrogens with one attached hydrogen (secondary N) is 2. The van der Waals surface area contributed by atoms with Crippen LogP contribution in [0.2, 0.25) is 0 Å². The fourth-order valence-corrected chi connectivity index (χ4v) is 6.32. The number of anilines is 1. The maximum atomic E-state index is 15.6. The van der Waals surface area contributed by atoms with E-state index in [1.807, 2.05) is 0 Å². The molecule has 5 N–H and O–H groups in total. The second kappa shape index (κ2) is 13.3. The van der Waals surface area contributed by atoms with E-state index in [0.29, 0.717) is 0 Å². The van der Waals surface area contributed by atoms with Gasteiger partial charge in [-0.2, -0.15) is 4.98 Å². The summed E-state index contributed by atoms with van der Waals surface area (Å²) in [7, 11) is -4.35. The maximum Gasteiger partial charge on any atom is 0.406 e. The molecule has 19 heteroatoms. The van der Waals surface area contributed by atoms with Crippen LogP contribution in [0.15, 0.2) is 11.1 Å². The van der Waals surface area contributed by atoms with Crippen LogP contribution in [0.3, 0.4) is 0 Å². The van der Waals surface area contributed by atoms with E-state index in [0.717, 1.165) is 22.7 Å². The van der Waals surface area contributed by atoms with Crippen LogP contribution < -0.4 is 16.4 Å². The lowest BCUT2D eigenvalue weighted by Crippen LogP contribution is -2.39. The number of esters is 1. The normalized spacial score (nSPS) is 25.0. The summed E-state index contributed by atoms with van der Waals surface area (Å²) >= 11 is 7.00. The molecule has 0 aliphatic carbocycles. The number of hydrogen-bond acceptors (Lipinski definition) is 13. The number of nitrogens with zero attached hydrogens (tertiary/aromatic N) is 3. The fraction of sp³-hybridized carbons (Fsp3) is 0.696. The van der Waals surface area contributed by atoms with E-state index in [1.54, 1.807) is 34.6 Å². The summed E-state index contributed by atoms with van der Waals surface area (Å²) in [6.07, 6.45) is -4.71. The molecular formula is C23H35ClFN6O9PS. The molecule has 2 aromatic rings. The van der Waals surface area contributed by atoms with Crippen molar-refractivity contribution in [3.05, 3.63) is 16.7 Å². The highest BCUT2D eigenvalue weighted by Gasteiger charge is 2.58. The molecule has 0 amide bonds. The average molecular weight is 657 g/mol. The molecule has 42 heavy (non-hydrogen) atoms. The van der Waals surface area contributed by atoms with Gasteiger partial charge in [0.2, 0.25) is 5.95 Å². The van der Waals surface area contributed by atoms with Gasteiger partial charge in [0, 0.05) is 11.2 Å². The minimum absolute atomic E-state index is 0.110. The van der Waals surface area contributed by atoms with Gasteiger partial charge in [0.25, 0.3) is 10.7 Å². The van der Waals surface area contributed by atoms with Crippen LogP contribution in [-0.4, -0.2) is 84.2 Å². The number of rotatable bonds is 12. The number of fused-ring (bicyclic) bond motifs is 1. The van der Waals surface area contributed by atoms with Gasteiger partial charge in [0.15, 0.2) is 22.5 Å². The molecule has 0 bridgehead atoms. The number of aromatic amines is 1. The molecule has 0 saturated carbocycles. The van der Waals surface area contributed by atoms with Gasteiger partial charge in [0.1, 0.15) is 18.2 Å². The van der Waals surface area contributed by atoms with Gasteiger partial charge in [0.05, 0.1) is 25.6 Å². The van der Waals surface area contributed by atoms with E-state index >= 15 is 4.39 Å². The van der Waals surface area contributed by atoms with Crippen molar-refractivity contribution in [3.8, 4) is 0 Å². The number of carbonyl (C=O) groups is 2. The lowest BCUT2D eigenvalue weighted by atomic mass is 10.00. The Balaban J connectivity index is 1.77. The molecule has 1 saturated heterocycles. The number of ether oxygens (including phenoxy) is 2.